The first-order chi connectivity index (χ1) is 8.04. The van der Waals surface area contributed by atoms with Crippen LogP contribution in [-0.4, -0.2) is 17.5 Å². The third-order valence-corrected chi connectivity index (χ3v) is 3.21. The van der Waals surface area contributed by atoms with E-state index in [4.69, 9.17) is 5.11 Å². The summed E-state index contributed by atoms with van der Waals surface area (Å²) in [7, 11) is 0. The van der Waals surface area contributed by atoms with Gasteiger partial charge in [-0.15, -0.1) is 0 Å². The maximum atomic E-state index is 13.5. The predicted octanol–water partition coefficient (Wildman–Crippen LogP) is 2.16. The summed E-state index contributed by atoms with van der Waals surface area (Å²) in [6.07, 6.45) is 0.215. The Kier molecular flexibility index (Phi) is 3.19. The molecule has 1 aromatic rings. The second kappa shape index (κ2) is 4.49. The fourth-order valence-corrected chi connectivity index (χ4v) is 2.31. The zero-order valence-corrected chi connectivity index (χ0v) is 8.92. The number of hydrogen-bond donors (Lipinski definition) is 1. The topological polar surface area (TPSA) is 37.3 Å². The van der Waals surface area contributed by atoms with Crippen molar-refractivity contribution in [3.63, 3.8) is 0 Å². The molecule has 92 valence electrons. The third-order valence-electron chi connectivity index (χ3n) is 3.21. The second-order valence-electron chi connectivity index (χ2n) is 4.26. The van der Waals surface area contributed by atoms with Crippen LogP contribution in [0.1, 0.15) is 24.3 Å². The van der Waals surface area contributed by atoms with Gasteiger partial charge >= 0.3 is 0 Å². The molecular weight excluding hydrogens is 233 g/mol. The molecule has 2 rings (SSSR count). The van der Waals surface area contributed by atoms with E-state index >= 15 is 0 Å². The van der Waals surface area contributed by atoms with E-state index in [-0.39, 0.29) is 30.8 Å². The van der Waals surface area contributed by atoms with Crippen molar-refractivity contribution in [1.82, 2.24) is 0 Å². The lowest BCUT2D eigenvalue weighted by Gasteiger charge is -2.17. The van der Waals surface area contributed by atoms with Crippen LogP contribution in [0, 0.1) is 23.4 Å². The minimum absolute atomic E-state index is 0.0335. The summed E-state index contributed by atoms with van der Waals surface area (Å²) in [5, 5.41) is 9.09. The minimum atomic E-state index is -1.53. The number of Topliss-reactive ketones (excluding diaryl/α,β-unsaturated/α-hetero) is 1. The van der Waals surface area contributed by atoms with Crippen LogP contribution in [0.15, 0.2) is 12.1 Å². The molecule has 0 heterocycles. The SMILES string of the molecule is O=C1CC(CO)C(c2ccc(F)c(F)c2F)C1. The highest BCUT2D eigenvalue weighted by Gasteiger charge is 2.35. The van der Waals surface area contributed by atoms with E-state index in [1.54, 1.807) is 0 Å². The summed E-state index contributed by atoms with van der Waals surface area (Å²) in [5.74, 6) is -5.12. The summed E-state index contributed by atoms with van der Waals surface area (Å²) in [4.78, 5) is 11.3. The van der Waals surface area contributed by atoms with Crippen LogP contribution in [0.4, 0.5) is 13.2 Å². The zero-order chi connectivity index (χ0) is 12.6. The molecule has 1 fully saturated rings. The van der Waals surface area contributed by atoms with Crippen molar-refractivity contribution in [2.75, 3.05) is 6.61 Å². The van der Waals surface area contributed by atoms with E-state index in [0.29, 0.717) is 0 Å². The van der Waals surface area contributed by atoms with Gasteiger partial charge in [0.25, 0.3) is 0 Å². The Morgan fingerprint density at radius 1 is 1.18 bits per heavy atom. The fourth-order valence-electron chi connectivity index (χ4n) is 2.31. The Balaban J connectivity index is 2.40. The van der Waals surface area contributed by atoms with E-state index in [1.807, 2.05) is 0 Å². The summed E-state index contributed by atoms with van der Waals surface area (Å²) >= 11 is 0. The van der Waals surface area contributed by atoms with E-state index in [0.717, 1.165) is 12.1 Å². The monoisotopic (exact) mass is 244 g/mol. The van der Waals surface area contributed by atoms with Gasteiger partial charge in [0.1, 0.15) is 5.78 Å². The summed E-state index contributed by atoms with van der Waals surface area (Å²) in [6, 6.07) is 1.98. The van der Waals surface area contributed by atoms with Crippen molar-refractivity contribution >= 4 is 5.78 Å². The molecule has 1 aromatic carbocycles. The van der Waals surface area contributed by atoms with E-state index in [1.165, 1.54) is 0 Å². The first-order valence-corrected chi connectivity index (χ1v) is 5.30. The van der Waals surface area contributed by atoms with Crippen molar-refractivity contribution in [2.24, 2.45) is 5.92 Å². The van der Waals surface area contributed by atoms with Crippen molar-refractivity contribution in [3.05, 3.63) is 35.1 Å². The normalized spacial score (nSPS) is 24.4. The lowest BCUT2D eigenvalue weighted by molar-refractivity contribution is -0.117. The number of aliphatic hydroxyl groups is 1. The van der Waals surface area contributed by atoms with Crippen LogP contribution < -0.4 is 0 Å². The molecule has 0 spiro atoms. The lowest BCUT2D eigenvalue weighted by atomic mass is 9.89. The Morgan fingerprint density at radius 3 is 2.53 bits per heavy atom. The average molecular weight is 244 g/mol. The number of ketones is 1. The van der Waals surface area contributed by atoms with Gasteiger partial charge in [-0.2, -0.15) is 0 Å². The number of carbonyl (C=O) groups is 1. The van der Waals surface area contributed by atoms with Crippen molar-refractivity contribution in [2.45, 2.75) is 18.8 Å². The van der Waals surface area contributed by atoms with Gasteiger partial charge in [-0.1, -0.05) is 6.07 Å². The molecule has 0 radical (unpaired) electrons. The smallest absolute Gasteiger partial charge is 0.194 e. The van der Waals surface area contributed by atoms with Gasteiger partial charge in [-0.05, 0) is 23.5 Å². The Morgan fingerprint density at radius 2 is 1.88 bits per heavy atom. The van der Waals surface area contributed by atoms with Crippen LogP contribution in [0.5, 0.6) is 0 Å². The van der Waals surface area contributed by atoms with E-state index in [9.17, 15) is 18.0 Å². The molecular formula is C12H11F3O2. The molecule has 0 aromatic heterocycles. The van der Waals surface area contributed by atoms with Crippen molar-refractivity contribution in [1.29, 1.82) is 0 Å². The quantitative estimate of drug-likeness (QED) is 0.809. The zero-order valence-electron chi connectivity index (χ0n) is 8.92. The van der Waals surface area contributed by atoms with Gasteiger partial charge in [-0.3, -0.25) is 4.79 Å². The Hall–Kier alpha value is -1.36. The molecule has 0 bridgehead atoms. The molecule has 1 aliphatic carbocycles. The van der Waals surface area contributed by atoms with Crippen LogP contribution in [0.25, 0.3) is 0 Å². The van der Waals surface area contributed by atoms with Crippen molar-refractivity contribution in [3.8, 4) is 0 Å². The molecule has 0 amide bonds. The largest absolute Gasteiger partial charge is 0.396 e. The maximum absolute atomic E-state index is 13.5. The number of benzene rings is 1. The van der Waals surface area contributed by atoms with Crippen molar-refractivity contribution < 1.29 is 23.1 Å². The highest BCUT2D eigenvalue weighted by atomic mass is 19.2. The average Bonchev–Trinajstić information content (AvgIpc) is 2.67. The minimum Gasteiger partial charge on any atom is -0.396 e. The summed E-state index contributed by atoms with van der Waals surface area (Å²) < 4.78 is 39.4. The first kappa shape index (κ1) is 12.1. The van der Waals surface area contributed by atoms with Gasteiger partial charge < -0.3 is 5.11 Å². The molecule has 2 atom stereocenters. The molecule has 0 aliphatic heterocycles. The van der Waals surface area contributed by atoms with Crippen LogP contribution in [0.3, 0.4) is 0 Å². The molecule has 2 nitrogen and oxygen atoms in total. The number of hydrogen-bond acceptors (Lipinski definition) is 2. The Labute approximate surface area is 96.1 Å². The van der Waals surface area contributed by atoms with Gasteiger partial charge in [0.15, 0.2) is 17.5 Å². The lowest BCUT2D eigenvalue weighted by Crippen LogP contribution is -2.13. The number of rotatable bonds is 2. The molecule has 2 unspecified atom stereocenters. The summed E-state index contributed by atoms with van der Waals surface area (Å²) in [5.41, 5.74) is -0.0335. The van der Waals surface area contributed by atoms with Gasteiger partial charge in [-0.25, -0.2) is 13.2 Å². The third kappa shape index (κ3) is 2.07. The van der Waals surface area contributed by atoms with Gasteiger partial charge in [0, 0.05) is 19.4 Å². The molecule has 17 heavy (non-hydrogen) atoms. The predicted molar refractivity (Wildman–Crippen MR) is 53.9 cm³/mol. The second-order valence-corrected chi connectivity index (χ2v) is 4.26. The fraction of sp³-hybridized carbons (Fsp3) is 0.417. The number of aliphatic hydroxyl groups excluding tert-OH is 1. The van der Waals surface area contributed by atoms with Gasteiger partial charge in [0.05, 0.1) is 0 Å². The van der Waals surface area contributed by atoms with Crippen LogP contribution >= 0.6 is 0 Å². The molecule has 1 saturated carbocycles. The van der Waals surface area contributed by atoms with E-state index in [2.05, 4.69) is 0 Å². The standard InChI is InChI=1S/C12H11F3O2/c13-10-2-1-8(11(14)12(10)15)9-4-7(17)3-6(9)5-16/h1-2,6,9,16H,3-5H2. The molecule has 5 heteroatoms. The van der Waals surface area contributed by atoms with Crippen LogP contribution in [0.2, 0.25) is 0 Å². The molecule has 1 aliphatic rings. The number of halogens is 3. The highest BCUT2D eigenvalue weighted by molar-refractivity contribution is 5.82. The summed E-state index contributed by atoms with van der Waals surface area (Å²) in [6.45, 7) is -0.269. The van der Waals surface area contributed by atoms with E-state index < -0.39 is 29.3 Å². The first-order valence-electron chi connectivity index (χ1n) is 5.30. The molecule has 1 N–H and O–H groups in total. The highest BCUT2D eigenvalue weighted by Crippen LogP contribution is 2.39. The van der Waals surface area contributed by atoms with Gasteiger partial charge in [0.2, 0.25) is 0 Å². The maximum Gasteiger partial charge on any atom is 0.194 e. The Bertz CT molecular complexity index is 459. The molecule has 0 saturated heterocycles. The number of carbonyl (C=O) groups excluding carboxylic acids is 1. The van der Waals surface area contributed by atoms with Crippen LogP contribution in [-0.2, 0) is 4.79 Å².